The lowest BCUT2D eigenvalue weighted by Gasteiger charge is -2.20. The summed E-state index contributed by atoms with van der Waals surface area (Å²) in [6.07, 6.45) is -9.16. The number of carbonyl (C=O) groups excluding carboxylic acids is 2. The lowest BCUT2D eigenvalue weighted by molar-refractivity contribution is -0.274. The molecule has 214 valence electrons. The van der Waals surface area contributed by atoms with Crippen LogP contribution >= 0.6 is 0 Å². The number of aromatic nitrogens is 1. The van der Waals surface area contributed by atoms with Crippen molar-refractivity contribution in [2.24, 2.45) is 0 Å². The van der Waals surface area contributed by atoms with E-state index < -0.39 is 70.1 Å². The van der Waals surface area contributed by atoms with E-state index in [0.29, 0.717) is 6.07 Å². The van der Waals surface area contributed by atoms with E-state index in [4.69, 9.17) is 9.47 Å². The molecule has 0 spiro atoms. The molecule has 3 aromatic rings. The Labute approximate surface area is 220 Å². The smallest absolute Gasteiger partial charge is 0.493 e. The van der Waals surface area contributed by atoms with Crippen LogP contribution in [0, 0.1) is 5.82 Å². The molecular formula is C24H17F7N2O7. The fraction of sp³-hybridized carbons (Fsp3) is 0.208. The summed E-state index contributed by atoms with van der Waals surface area (Å²) >= 11 is 0. The Balaban J connectivity index is 2.14. The maximum Gasteiger partial charge on any atom is 0.573 e. The number of nitrogens with one attached hydrogen (secondary N) is 1. The van der Waals surface area contributed by atoms with Crippen molar-refractivity contribution >= 4 is 17.6 Å². The van der Waals surface area contributed by atoms with Gasteiger partial charge in [-0.15, -0.1) is 13.2 Å². The molecule has 0 bridgehead atoms. The number of esters is 1. The zero-order chi connectivity index (χ0) is 29.8. The van der Waals surface area contributed by atoms with Gasteiger partial charge >= 0.3 is 18.5 Å². The van der Waals surface area contributed by atoms with Gasteiger partial charge in [-0.2, -0.15) is 13.2 Å². The van der Waals surface area contributed by atoms with E-state index in [9.17, 15) is 35.9 Å². The molecule has 9 nitrogen and oxygen atoms in total. The molecule has 1 amide bonds. The quantitative estimate of drug-likeness (QED) is 0.257. The molecule has 1 aromatic heterocycles. The first-order chi connectivity index (χ1) is 18.7. The number of benzene rings is 2. The van der Waals surface area contributed by atoms with Crippen molar-refractivity contribution in [2.45, 2.75) is 12.5 Å². The van der Waals surface area contributed by atoms with Crippen LogP contribution in [0.25, 0.3) is 0 Å². The van der Waals surface area contributed by atoms with Gasteiger partial charge in [0.05, 0.1) is 21.3 Å². The summed E-state index contributed by atoms with van der Waals surface area (Å²) in [6.45, 7) is 0. The Morgan fingerprint density at radius 1 is 0.875 bits per heavy atom. The summed E-state index contributed by atoms with van der Waals surface area (Å²) in [6, 6.07) is 4.79. The van der Waals surface area contributed by atoms with Crippen LogP contribution in [0.4, 0.5) is 36.4 Å². The molecule has 0 aliphatic heterocycles. The Kier molecular flexibility index (Phi) is 8.60. The molecule has 16 heteroatoms. The van der Waals surface area contributed by atoms with Gasteiger partial charge in [0, 0.05) is 18.0 Å². The first-order valence-electron chi connectivity index (χ1n) is 10.6. The lowest BCUT2D eigenvalue weighted by Crippen LogP contribution is -2.19. The number of anilines is 1. The molecule has 0 saturated carbocycles. The average molecular weight is 578 g/mol. The highest BCUT2D eigenvalue weighted by atomic mass is 19.4. The van der Waals surface area contributed by atoms with E-state index >= 15 is 4.39 Å². The van der Waals surface area contributed by atoms with E-state index in [1.165, 1.54) is 6.07 Å². The van der Waals surface area contributed by atoms with E-state index in [0.717, 1.165) is 45.7 Å². The van der Waals surface area contributed by atoms with E-state index in [1.54, 1.807) is 0 Å². The molecule has 0 aliphatic carbocycles. The van der Waals surface area contributed by atoms with Gasteiger partial charge in [-0.25, -0.2) is 14.2 Å². The summed E-state index contributed by atoms with van der Waals surface area (Å²) in [5.41, 5.74) is -3.13. The predicted molar refractivity (Wildman–Crippen MR) is 121 cm³/mol. The van der Waals surface area contributed by atoms with Crippen molar-refractivity contribution in [3.8, 4) is 28.7 Å². The number of alkyl halides is 6. The standard InChI is InChI=1S/C24H17F7N2O7/c1-36-16-9-12(40-24(29,30)31)4-5-15(16)39-17-10-13(23(26,27)28)20(37-2)19(25)18(17)21(34)33-11-6-7-32-14(8-11)22(35)38-3/h4-10H,1-3H3,(H,32,33,34). The highest BCUT2D eigenvalue weighted by Crippen LogP contribution is 2.45. The van der Waals surface area contributed by atoms with Gasteiger partial charge in [-0.3, -0.25) is 4.79 Å². The fourth-order valence-corrected chi connectivity index (χ4v) is 3.28. The SMILES string of the molecule is COC(=O)c1cc(NC(=O)c2c(Oc3ccc(OC(F)(F)F)cc3OC)cc(C(F)(F)F)c(OC)c2F)ccn1. The average Bonchev–Trinajstić information content (AvgIpc) is 2.87. The zero-order valence-electron chi connectivity index (χ0n) is 20.5. The number of rotatable bonds is 8. The third-order valence-electron chi connectivity index (χ3n) is 4.92. The Morgan fingerprint density at radius 3 is 2.15 bits per heavy atom. The minimum Gasteiger partial charge on any atom is -0.493 e. The van der Waals surface area contributed by atoms with Gasteiger partial charge < -0.3 is 29.0 Å². The number of nitrogens with zero attached hydrogens (tertiary/aromatic N) is 1. The number of ether oxygens (including phenoxy) is 5. The minimum atomic E-state index is -5.19. The number of halogens is 7. The van der Waals surface area contributed by atoms with Gasteiger partial charge in [0.25, 0.3) is 5.91 Å². The maximum atomic E-state index is 15.4. The van der Waals surface area contributed by atoms with Gasteiger partial charge in [0.2, 0.25) is 0 Å². The van der Waals surface area contributed by atoms with Crippen LogP contribution < -0.4 is 24.3 Å². The van der Waals surface area contributed by atoms with Crippen LogP contribution in [0.3, 0.4) is 0 Å². The van der Waals surface area contributed by atoms with Crippen molar-refractivity contribution in [2.75, 3.05) is 26.6 Å². The molecule has 0 unspecified atom stereocenters. The predicted octanol–water partition coefficient (Wildman–Crippen LogP) is 5.99. The summed E-state index contributed by atoms with van der Waals surface area (Å²) < 4.78 is 117. The van der Waals surface area contributed by atoms with Crippen LogP contribution in [-0.2, 0) is 10.9 Å². The van der Waals surface area contributed by atoms with Crippen molar-refractivity contribution in [3.05, 3.63) is 65.2 Å². The van der Waals surface area contributed by atoms with Gasteiger partial charge in [0.1, 0.15) is 28.3 Å². The summed E-state index contributed by atoms with van der Waals surface area (Å²) in [5.74, 6) is -8.07. The lowest BCUT2D eigenvalue weighted by atomic mass is 10.1. The fourth-order valence-electron chi connectivity index (χ4n) is 3.28. The van der Waals surface area contributed by atoms with Crippen molar-refractivity contribution in [1.29, 1.82) is 0 Å². The second kappa shape index (κ2) is 11.5. The Morgan fingerprint density at radius 2 is 1.57 bits per heavy atom. The Hall–Kier alpha value is -4.76. The third kappa shape index (κ3) is 6.81. The number of methoxy groups -OCH3 is 3. The highest BCUT2D eigenvalue weighted by Gasteiger charge is 2.39. The topological polar surface area (TPSA) is 105 Å². The summed E-state index contributed by atoms with van der Waals surface area (Å²) in [4.78, 5) is 28.6. The summed E-state index contributed by atoms with van der Waals surface area (Å²) in [5, 5.41) is 2.20. The molecule has 1 heterocycles. The van der Waals surface area contributed by atoms with Crippen LogP contribution in [0.15, 0.2) is 42.6 Å². The van der Waals surface area contributed by atoms with Crippen molar-refractivity contribution in [1.82, 2.24) is 4.98 Å². The molecule has 1 N–H and O–H groups in total. The van der Waals surface area contributed by atoms with Crippen LogP contribution in [0.1, 0.15) is 26.4 Å². The summed E-state index contributed by atoms with van der Waals surface area (Å²) in [7, 11) is 2.81. The van der Waals surface area contributed by atoms with Crippen LogP contribution in [0.2, 0.25) is 0 Å². The normalized spacial score (nSPS) is 11.4. The minimum absolute atomic E-state index is 0.129. The number of carbonyl (C=O) groups is 2. The number of hydrogen-bond donors (Lipinski definition) is 1. The molecule has 3 rings (SSSR count). The van der Waals surface area contributed by atoms with E-state index in [-0.39, 0.29) is 17.4 Å². The first kappa shape index (κ1) is 29.8. The van der Waals surface area contributed by atoms with Gasteiger partial charge in [-0.05, 0) is 30.3 Å². The third-order valence-corrected chi connectivity index (χ3v) is 4.92. The molecule has 0 saturated heterocycles. The molecule has 2 aromatic carbocycles. The second-order valence-corrected chi connectivity index (χ2v) is 7.48. The molecule has 0 radical (unpaired) electrons. The van der Waals surface area contributed by atoms with Crippen molar-refractivity contribution < 1.29 is 64.0 Å². The first-order valence-corrected chi connectivity index (χ1v) is 10.6. The monoisotopic (exact) mass is 578 g/mol. The Bertz CT molecular complexity index is 1430. The molecular weight excluding hydrogens is 561 g/mol. The number of pyridine rings is 1. The molecule has 0 atom stereocenters. The molecule has 0 aliphatic rings. The second-order valence-electron chi connectivity index (χ2n) is 7.48. The van der Waals surface area contributed by atoms with E-state index in [2.05, 4.69) is 24.5 Å². The van der Waals surface area contributed by atoms with Crippen LogP contribution in [0.5, 0.6) is 28.7 Å². The number of amides is 1. The maximum absolute atomic E-state index is 15.4. The van der Waals surface area contributed by atoms with Crippen molar-refractivity contribution in [3.63, 3.8) is 0 Å². The number of hydrogen-bond acceptors (Lipinski definition) is 8. The van der Waals surface area contributed by atoms with Crippen LogP contribution in [-0.4, -0.2) is 44.6 Å². The van der Waals surface area contributed by atoms with Gasteiger partial charge in [0.15, 0.2) is 23.1 Å². The highest BCUT2D eigenvalue weighted by molar-refractivity contribution is 6.07. The van der Waals surface area contributed by atoms with E-state index in [1.807, 2.05) is 0 Å². The largest absolute Gasteiger partial charge is 0.573 e. The molecule has 0 fully saturated rings. The zero-order valence-corrected chi connectivity index (χ0v) is 20.5. The molecule has 40 heavy (non-hydrogen) atoms. The van der Waals surface area contributed by atoms with Gasteiger partial charge in [-0.1, -0.05) is 0 Å².